The zero-order valence-electron chi connectivity index (χ0n) is 9.13. The highest BCUT2D eigenvalue weighted by Crippen LogP contribution is 2.18. The predicted octanol–water partition coefficient (Wildman–Crippen LogP) is 3.00. The molecule has 1 aromatic rings. The molecule has 0 fully saturated rings. The number of aromatic nitrogens is 2. The van der Waals surface area contributed by atoms with Crippen molar-refractivity contribution in [2.24, 2.45) is 0 Å². The first-order valence-corrected chi connectivity index (χ1v) is 6.62. The van der Waals surface area contributed by atoms with Crippen LogP contribution in [0.4, 0.5) is 5.13 Å². The maximum atomic E-state index is 4.41. The largest absolute Gasteiger partial charge is 0.356 e. The number of nitrogens with one attached hydrogen (secondary N) is 1. The van der Waals surface area contributed by atoms with Gasteiger partial charge in [0.05, 0.1) is 5.75 Å². The van der Waals surface area contributed by atoms with Crippen LogP contribution in [0.2, 0.25) is 0 Å². The van der Waals surface area contributed by atoms with Crippen molar-refractivity contribution < 1.29 is 0 Å². The fraction of sp³-hybridized carbons (Fsp3) is 0.778. The van der Waals surface area contributed by atoms with Gasteiger partial charge in [-0.05, 0) is 26.5 Å². The Morgan fingerprint density at radius 3 is 2.71 bits per heavy atom. The van der Waals surface area contributed by atoms with Crippen molar-refractivity contribution in [2.75, 3.05) is 11.1 Å². The summed E-state index contributed by atoms with van der Waals surface area (Å²) in [4.78, 5) is 4.41. The van der Waals surface area contributed by atoms with Gasteiger partial charge in [0, 0.05) is 17.1 Å². The molecule has 0 aromatic carbocycles. The van der Waals surface area contributed by atoms with E-state index in [1.54, 1.807) is 0 Å². The molecule has 3 nitrogen and oxygen atoms in total. The molecule has 0 atom stereocenters. The van der Waals surface area contributed by atoms with E-state index >= 15 is 0 Å². The Labute approximate surface area is 93.9 Å². The van der Waals surface area contributed by atoms with Crippen molar-refractivity contribution >= 4 is 28.4 Å². The average molecular weight is 231 g/mol. The zero-order chi connectivity index (χ0) is 10.6. The lowest BCUT2D eigenvalue weighted by atomic mass is 10.1. The molecule has 14 heavy (non-hydrogen) atoms. The standard InChI is InChI=1S/C9H17N3S2/c1-5-13-6-7-10-8(14-12-7)11-9(2,3)4/h5-6H2,1-4H3,(H,10,11,12). The smallest absolute Gasteiger partial charge is 0.203 e. The molecule has 1 heterocycles. The number of rotatable bonds is 4. The average Bonchev–Trinajstić information content (AvgIpc) is 2.46. The summed E-state index contributed by atoms with van der Waals surface area (Å²) in [5, 5.41) is 4.23. The lowest BCUT2D eigenvalue weighted by Crippen LogP contribution is -2.25. The van der Waals surface area contributed by atoms with Gasteiger partial charge < -0.3 is 5.32 Å². The van der Waals surface area contributed by atoms with E-state index in [1.807, 2.05) is 11.8 Å². The predicted molar refractivity (Wildman–Crippen MR) is 65.1 cm³/mol. The second kappa shape index (κ2) is 4.98. The minimum atomic E-state index is 0.0642. The van der Waals surface area contributed by atoms with Gasteiger partial charge in [-0.2, -0.15) is 16.1 Å². The fourth-order valence-electron chi connectivity index (χ4n) is 0.878. The van der Waals surface area contributed by atoms with Crippen LogP contribution in [-0.4, -0.2) is 20.6 Å². The van der Waals surface area contributed by atoms with Crippen LogP contribution in [0.15, 0.2) is 0 Å². The topological polar surface area (TPSA) is 37.8 Å². The lowest BCUT2D eigenvalue weighted by Gasteiger charge is -2.18. The van der Waals surface area contributed by atoms with Gasteiger partial charge in [-0.25, -0.2) is 4.98 Å². The molecule has 0 radical (unpaired) electrons. The second-order valence-corrected chi connectivity index (χ2v) is 6.05. The molecule has 0 aliphatic heterocycles. The molecule has 0 bridgehead atoms. The van der Waals surface area contributed by atoms with Crippen molar-refractivity contribution in [3.63, 3.8) is 0 Å². The Hall–Kier alpha value is -0.290. The summed E-state index contributed by atoms with van der Waals surface area (Å²) in [6, 6.07) is 0. The molecule has 0 aliphatic rings. The fourth-order valence-corrected chi connectivity index (χ4v) is 2.27. The van der Waals surface area contributed by atoms with Crippen LogP contribution in [0, 0.1) is 0 Å². The third-order valence-electron chi connectivity index (χ3n) is 1.39. The molecule has 1 N–H and O–H groups in total. The monoisotopic (exact) mass is 231 g/mol. The van der Waals surface area contributed by atoms with Gasteiger partial charge in [0.2, 0.25) is 5.13 Å². The minimum Gasteiger partial charge on any atom is -0.356 e. The molecule has 0 spiro atoms. The van der Waals surface area contributed by atoms with E-state index in [9.17, 15) is 0 Å². The first-order chi connectivity index (χ1) is 6.51. The Morgan fingerprint density at radius 2 is 2.14 bits per heavy atom. The van der Waals surface area contributed by atoms with E-state index in [0.717, 1.165) is 22.5 Å². The van der Waals surface area contributed by atoms with E-state index in [-0.39, 0.29) is 5.54 Å². The van der Waals surface area contributed by atoms with Gasteiger partial charge in [0.15, 0.2) is 5.82 Å². The van der Waals surface area contributed by atoms with Gasteiger partial charge in [-0.15, -0.1) is 0 Å². The van der Waals surface area contributed by atoms with Crippen molar-refractivity contribution in [1.82, 2.24) is 9.36 Å². The third kappa shape index (κ3) is 4.28. The molecule has 0 aliphatic carbocycles. The number of hydrogen-bond donors (Lipinski definition) is 1. The van der Waals surface area contributed by atoms with Crippen LogP contribution in [0.1, 0.15) is 33.5 Å². The zero-order valence-corrected chi connectivity index (χ0v) is 10.8. The van der Waals surface area contributed by atoms with E-state index in [2.05, 4.69) is 42.4 Å². The molecule has 0 unspecified atom stereocenters. The minimum absolute atomic E-state index is 0.0642. The second-order valence-electron chi connectivity index (χ2n) is 4.03. The van der Waals surface area contributed by atoms with Crippen LogP contribution in [0.3, 0.4) is 0 Å². The first-order valence-electron chi connectivity index (χ1n) is 4.70. The number of anilines is 1. The molecule has 80 valence electrons. The molecule has 0 saturated heterocycles. The highest BCUT2D eigenvalue weighted by Gasteiger charge is 2.12. The molecule has 1 aromatic heterocycles. The Kier molecular flexibility index (Phi) is 4.19. The Balaban J connectivity index is 2.51. The number of nitrogens with zero attached hydrogens (tertiary/aromatic N) is 2. The van der Waals surface area contributed by atoms with Crippen LogP contribution in [0.25, 0.3) is 0 Å². The maximum Gasteiger partial charge on any atom is 0.203 e. The quantitative estimate of drug-likeness (QED) is 0.864. The molecule has 5 heteroatoms. The van der Waals surface area contributed by atoms with Crippen LogP contribution < -0.4 is 5.32 Å². The summed E-state index contributed by atoms with van der Waals surface area (Å²) in [5.74, 6) is 2.97. The number of hydrogen-bond acceptors (Lipinski definition) is 5. The van der Waals surface area contributed by atoms with Gasteiger partial charge in [0.1, 0.15) is 0 Å². The summed E-state index contributed by atoms with van der Waals surface area (Å²) in [5.41, 5.74) is 0.0642. The van der Waals surface area contributed by atoms with Gasteiger partial charge in [-0.3, -0.25) is 0 Å². The highest BCUT2D eigenvalue weighted by atomic mass is 32.2. The Bertz CT molecular complexity index is 278. The number of thioether (sulfide) groups is 1. The van der Waals surface area contributed by atoms with E-state index in [4.69, 9.17) is 0 Å². The van der Waals surface area contributed by atoms with Crippen LogP contribution in [0.5, 0.6) is 0 Å². The van der Waals surface area contributed by atoms with Gasteiger partial charge in [0.25, 0.3) is 0 Å². The van der Waals surface area contributed by atoms with E-state index < -0.39 is 0 Å². The SMILES string of the molecule is CCSCc1nsc(NC(C)(C)C)n1. The third-order valence-corrected chi connectivity index (χ3v) is 2.92. The molecule has 1 rings (SSSR count). The van der Waals surface area contributed by atoms with Crippen LogP contribution in [-0.2, 0) is 5.75 Å². The molecular weight excluding hydrogens is 214 g/mol. The Morgan fingerprint density at radius 1 is 1.43 bits per heavy atom. The van der Waals surface area contributed by atoms with Crippen molar-refractivity contribution in [2.45, 2.75) is 39.0 Å². The summed E-state index contributed by atoms with van der Waals surface area (Å²) in [6.07, 6.45) is 0. The van der Waals surface area contributed by atoms with E-state index in [0.29, 0.717) is 0 Å². The maximum absolute atomic E-state index is 4.41. The van der Waals surface area contributed by atoms with Crippen molar-refractivity contribution in [3.05, 3.63) is 5.82 Å². The van der Waals surface area contributed by atoms with Gasteiger partial charge >= 0.3 is 0 Å². The summed E-state index contributed by atoms with van der Waals surface area (Å²) in [6.45, 7) is 8.50. The van der Waals surface area contributed by atoms with Crippen molar-refractivity contribution in [1.29, 1.82) is 0 Å². The van der Waals surface area contributed by atoms with E-state index in [1.165, 1.54) is 11.5 Å². The summed E-state index contributed by atoms with van der Waals surface area (Å²) < 4.78 is 4.29. The summed E-state index contributed by atoms with van der Waals surface area (Å²) in [7, 11) is 0. The normalized spacial score (nSPS) is 11.7. The molecular formula is C9H17N3S2. The highest BCUT2D eigenvalue weighted by molar-refractivity contribution is 7.98. The lowest BCUT2D eigenvalue weighted by molar-refractivity contribution is 0.633. The van der Waals surface area contributed by atoms with Gasteiger partial charge in [-0.1, -0.05) is 6.92 Å². The van der Waals surface area contributed by atoms with Crippen molar-refractivity contribution in [3.8, 4) is 0 Å². The summed E-state index contributed by atoms with van der Waals surface area (Å²) >= 11 is 3.29. The van der Waals surface area contributed by atoms with Crippen LogP contribution >= 0.6 is 23.3 Å². The molecule has 0 amide bonds. The molecule has 0 saturated carbocycles. The first kappa shape index (κ1) is 11.8.